The van der Waals surface area contributed by atoms with Crippen LogP contribution in [-0.2, 0) is 6.54 Å². The van der Waals surface area contributed by atoms with E-state index in [0.717, 1.165) is 35.8 Å². The molecule has 1 saturated heterocycles. The maximum Gasteiger partial charge on any atom is 0.324 e. The predicted octanol–water partition coefficient (Wildman–Crippen LogP) is 3.86. The van der Waals surface area contributed by atoms with Crippen LogP contribution in [0.2, 0.25) is 0 Å². The van der Waals surface area contributed by atoms with Crippen LogP contribution in [-0.4, -0.2) is 35.5 Å². The fourth-order valence-corrected chi connectivity index (χ4v) is 3.47. The summed E-state index contributed by atoms with van der Waals surface area (Å²) in [5, 5.41) is 0. The lowest BCUT2D eigenvalue weighted by atomic mass is 10.2. The molecule has 0 unspecified atom stereocenters. The van der Waals surface area contributed by atoms with Crippen LogP contribution in [0.25, 0.3) is 0 Å². The molecule has 2 amide bonds. The highest BCUT2D eigenvalue weighted by atomic mass is 32.2. The fraction of sp³-hybridized carbons (Fsp3) is 0.278. The van der Waals surface area contributed by atoms with Gasteiger partial charge in [0.1, 0.15) is 0 Å². The molecule has 4 heteroatoms. The van der Waals surface area contributed by atoms with E-state index in [1.165, 1.54) is 0 Å². The van der Waals surface area contributed by atoms with Crippen molar-refractivity contribution in [2.45, 2.75) is 6.54 Å². The molecular weight excluding hydrogens is 292 g/mol. The molecule has 1 aliphatic heterocycles. The van der Waals surface area contributed by atoms with E-state index in [-0.39, 0.29) is 6.03 Å². The molecule has 0 N–H and O–H groups in total. The van der Waals surface area contributed by atoms with Crippen LogP contribution in [0.4, 0.5) is 10.5 Å². The molecule has 2 aromatic rings. The lowest BCUT2D eigenvalue weighted by molar-refractivity contribution is 0.209. The Balaban J connectivity index is 1.84. The van der Waals surface area contributed by atoms with Crippen molar-refractivity contribution in [3.05, 3.63) is 66.2 Å². The number of hydrogen-bond acceptors (Lipinski definition) is 2. The number of nitrogens with zero attached hydrogens (tertiary/aromatic N) is 2. The number of hydrogen-bond donors (Lipinski definition) is 0. The number of para-hydroxylation sites is 1. The molecular formula is C18H20N2OS. The van der Waals surface area contributed by atoms with Gasteiger partial charge in [0.25, 0.3) is 0 Å². The van der Waals surface area contributed by atoms with E-state index >= 15 is 0 Å². The number of urea groups is 1. The van der Waals surface area contributed by atoms with Gasteiger partial charge in [-0.15, -0.1) is 0 Å². The minimum Gasteiger partial charge on any atom is -0.323 e. The van der Waals surface area contributed by atoms with E-state index in [9.17, 15) is 4.79 Å². The van der Waals surface area contributed by atoms with Gasteiger partial charge in [-0.1, -0.05) is 48.5 Å². The number of benzene rings is 2. The first-order valence-electron chi connectivity index (χ1n) is 7.58. The van der Waals surface area contributed by atoms with Crippen molar-refractivity contribution >= 4 is 23.5 Å². The number of amides is 2. The molecule has 0 bridgehead atoms. The SMILES string of the molecule is O=C(N1CCSCC1)N(Cc1ccccc1)c1ccccc1. The number of thioether (sulfide) groups is 1. The van der Waals surface area contributed by atoms with Crippen molar-refractivity contribution in [1.29, 1.82) is 0 Å². The average Bonchev–Trinajstić information content (AvgIpc) is 2.61. The first-order valence-corrected chi connectivity index (χ1v) is 8.73. The van der Waals surface area contributed by atoms with Crippen molar-refractivity contribution in [3.8, 4) is 0 Å². The molecule has 3 rings (SSSR count). The van der Waals surface area contributed by atoms with Crippen LogP contribution < -0.4 is 4.90 Å². The normalized spacial score (nSPS) is 14.6. The minimum atomic E-state index is 0.107. The third-order valence-corrected chi connectivity index (χ3v) is 4.71. The summed E-state index contributed by atoms with van der Waals surface area (Å²) in [6.07, 6.45) is 0. The van der Waals surface area contributed by atoms with Gasteiger partial charge in [0.2, 0.25) is 0 Å². The zero-order chi connectivity index (χ0) is 15.2. The summed E-state index contributed by atoms with van der Waals surface area (Å²) in [4.78, 5) is 16.8. The maximum atomic E-state index is 12.9. The predicted molar refractivity (Wildman–Crippen MR) is 93.4 cm³/mol. The van der Waals surface area contributed by atoms with Crippen LogP contribution in [0.3, 0.4) is 0 Å². The van der Waals surface area contributed by atoms with Crippen molar-refractivity contribution < 1.29 is 4.79 Å². The van der Waals surface area contributed by atoms with Gasteiger partial charge in [-0.2, -0.15) is 11.8 Å². The average molecular weight is 312 g/mol. The Labute approximate surface area is 135 Å². The zero-order valence-corrected chi connectivity index (χ0v) is 13.3. The van der Waals surface area contributed by atoms with Crippen LogP contribution in [0, 0.1) is 0 Å². The van der Waals surface area contributed by atoms with Crippen molar-refractivity contribution in [2.75, 3.05) is 29.5 Å². The van der Waals surface area contributed by atoms with Gasteiger partial charge in [0, 0.05) is 30.3 Å². The second kappa shape index (κ2) is 7.36. The molecule has 2 aromatic carbocycles. The summed E-state index contributed by atoms with van der Waals surface area (Å²) in [5.74, 6) is 2.05. The summed E-state index contributed by atoms with van der Waals surface area (Å²) in [5.41, 5.74) is 2.10. The minimum absolute atomic E-state index is 0.107. The van der Waals surface area contributed by atoms with Crippen molar-refractivity contribution in [3.63, 3.8) is 0 Å². The van der Waals surface area contributed by atoms with E-state index < -0.39 is 0 Å². The van der Waals surface area contributed by atoms with Gasteiger partial charge in [-0.05, 0) is 17.7 Å². The van der Waals surface area contributed by atoms with Gasteiger partial charge in [0.05, 0.1) is 6.54 Å². The van der Waals surface area contributed by atoms with Gasteiger partial charge in [-0.3, -0.25) is 4.90 Å². The van der Waals surface area contributed by atoms with Crippen LogP contribution in [0.1, 0.15) is 5.56 Å². The van der Waals surface area contributed by atoms with Crippen molar-refractivity contribution in [1.82, 2.24) is 4.90 Å². The molecule has 22 heavy (non-hydrogen) atoms. The highest BCUT2D eigenvalue weighted by Gasteiger charge is 2.24. The molecule has 0 radical (unpaired) electrons. The zero-order valence-electron chi connectivity index (χ0n) is 12.5. The molecule has 114 valence electrons. The molecule has 1 heterocycles. The smallest absolute Gasteiger partial charge is 0.323 e. The highest BCUT2D eigenvalue weighted by Crippen LogP contribution is 2.20. The quantitative estimate of drug-likeness (QED) is 0.859. The summed E-state index contributed by atoms with van der Waals surface area (Å²) in [6.45, 7) is 2.27. The second-order valence-corrected chi connectivity index (χ2v) is 6.51. The van der Waals surface area contributed by atoms with Gasteiger partial charge < -0.3 is 4.90 Å². The maximum absolute atomic E-state index is 12.9. The molecule has 0 spiro atoms. The molecule has 0 aromatic heterocycles. The molecule has 3 nitrogen and oxygen atoms in total. The fourth-order valence-electron chi connectivity index (χ4n) is 2.57. The van der Waals surface area contributed by atoms with Crippen LogP contribution in [0.15, 0.2) is 60.7 Å². The summed E-state index contributed by atoms with van der Waals surface area (Å²) in [7, 11) is 0. The van der Waals surface area contributed by atoms with Gasteiger partial charge >= 0.3 is 6.03 Å². The summed E-state index contributed by atoms with van der Waals surface area (Å²) in [6, 6.07) is 20.2. The standard InChI is InChI=1S/C18H20N2OS/c21-18(19-11-13-22-14-12-19)20(17-9-5-2-6-10-17)15-16-7-3-1-4-8-16/h1-10H,11-15H2. The Bertz CT molecular complexity index is 597. The molecule has 0 saturated carbocycles. The monoisotopic (exact) mass is 312 g/mol. The lowest BCUT2D eigenvalue weighted by Crippen LogP contribution is -2.46. The Kier molecular flexibility index (Phi) is 5.01. The molecule has 0 atom stereocenters. The van der Waals surface area contributed by atoms with E-state index in [2.05, 4.69) is 12.1 Å². The summed E-state index contributed by atoms with van der Waals surface area (Å²) < 4.78 is 0. The van der Waals surface area contributed by atoms with Crippen LogP contribution >= 0.6 is 11.8 Å². The number of rotatable bonds is 3. The Morgan fingerprint density at radius 2 is 1.55 bits per heavy atom. The third kappa shape index (κ3) is 3.63. The number of anilines is 1. The first-order chi connectivity index (χ1) is 10.8. The second-order valence-electron chi connectivity index (χ2n) is 5.29. The van der Waals surface area contributed by atoms with Gasteiger partial charge in [-0.25, -0.2) is 4.79 Å². The number of carbonyl (C=O) groups excluding carboxylic acids is 1. The largest absolute Gasteiger partial charge is 0.324 e. The van der Waals surface area contributed by atoms with E-state index in [1.807, 2.05) is 70.1 Å². The molecule has 1 fully saturated rings. The topological polar surface area (TPSA) is 23.6 Å². The van der Waals surface area contributed by atoms with Crippen molar-refractivity contribution in [2.24, 2.45) is 0 Å². The highest BCUT2D eigenvalue weighted by molar-refractivity contribution is 7.99. The Morgan fingerprint density at radius 1 is 0.955 bits per heavy atom. The van der Waals surface area contributed by atoms with E-state index in [1.54, 1.807) is 0 Å². The number of carbonyl (C=O) groups is 1. The van der Waals surface area contributed by atoms with E-state index in [4.69, 9.17) is 0 Å². The Hall–Kier alpha value is -1.94. The molecule has 0 aliphatic carbocycles. The lowest BCUT2D eigenvalue weighted by Gasteiger charge is -2.33. The van der Waals surface area contributed by atoms with Gasteiger partial charge in [0.15, 0.2) is 0 Å². The summed E-state index contributed by atoms with van der Waals surface area (Å²) >= 11 is 1.92. The first kappa shape index (κ1) is 15.0. The molecule has 1 aliphatic rings. The van der Waals surface area contributed by atoms with Crippen LogP contribution in [0.5, 0.6) is 0 Å². The Morgan fingerprint density at radius 3 is 2.18 bits per heavy atom. The van der Waals surface area contributed by atoms with E-state index in [0.29, 0.717) is 6.54 Å². The third-order valence-electron chi connectivity index (χ3n) is 3.76.